The number of para-hydroxylation sites is 1. The van der Waals surface area contributed by atoms with Gasteiger partial charge in [0.05, 0.1) is 13.0 Å². The number of carbonyl (C=O) groups excluding carboxylic acids is 1. The highest BCUT2D eigenvalue weighted by Gasteiger charge is 2.20. The fraction of sp³-hybridized carbons (Fsp3) is 0.500. The van der Waals surface area contributed by atoms with Crippen LogP contribution in [-0.4, -0.2) is 36.5 Å². The summed E-state index contributed by atoms with van der Waals surface area (Å²) in [4.78, 5) is 13.8. The zero-order chi connectivity index (χ0) is 12.8. The van der Waals surface area contributed by atoms with Crippen LogP contribution in [0.25, 0.3) is 0 Å². The number of nitrogens with zero attached hydrogens (tertiary/aromatic N) is 1. The maximum absolute atomic E-state index is 11.9. The van der Waals surface area contributed by atoms with Crippen molar-refractivity contribution in [3.63, 3.8) is 0 Å². The van der Waals surface area contributed by atoms with E-state index >= 15 is 0 Å². The Kier molecular flexibility index (Phi) is 6.67. The van der Waals surface area contributed by atoms with Gasteiger partial charge in [0.2, 0.25) is 5.91 Å². The number of halogens is 1. The molecule has 1 fully saturated rings. The van der Waals surface area contributed by atoms with Gasteiger partial charge < -0.3 is 15.4 Å². The number of nitrogens with two attached hydrogens (primary N) is 1. The van der Waals surface area contributed by atoms with E-state index < -0.39 is 0 Å². The topological polar surface area (TPSA) is 55.6 Å². The average molecular weight is 285 g/mol. The second kappa shape index (κ2) is 8.02. The smallest absolute Gasteiger partial charge is 0.226 e. The minimum absolute atomic E-state index is 0. The number of rotatable bonds is 4. The molecule has 0 saturated carbocycles. The van der Waals surface area contributed by atoms with Crippen molar-refractivity contribution in [3.8, 4) is 5.75 Å². The van der Waals surface area contributed by atoms with E-state index in [-0.39, 0.29) is 24.4 Å². The summed E-state index contributed by atoms with van der Waals surface area (Å²) in [6.07, 6.45) is 2.44. The largest absolute Gasteiger partial charge is 0.493 e. The molecular weight excluding hydrogens is 264 g/mol. The van der Waals surface area contributed by atoms with E-state index in [2.05, 4.69) is 0 Å². The summed E-state index contributed by atoms with van der Waals surface area (Å²) >= 11 is 0. The van der Waals surface area contributed by atoms with Crippen LogP contribution in [0.5, 0.6) is 5.75 Å². The Hall–Kier alpha value is -1.26. The van der Waals surface area contributed by atoms with Gasteiger partial charge in [0.15, 0.2) is 0 Å². The van der Waals surface area contributed by atoms with Gasteiger partial charge in [-0.1, -0.05) is 18.2 Å². The third-order valence-corrected chi connectivity index (χ3v) is 3.14. The van der Waals surface area contributed by atoms with Gasteiger partial charge in [-0.3, -0.25) is 4.79 Å². The molecule has 0 unspecified atom stereocenters. The van der Waals surface area contributed by atoms with Gasteiger partial charge in [-0.15, -0.1) is 12.4 Å². The van der Waals surface area contributed by atoms with Gasteiger partial charge in [-0.05, 0) is 25.0 Å². The Bertz CT molecular complexity index is 386. The standard InChI is InChI=1S/C14H20N2O2.ClH/c15-12-5-4-9-16(11-12)14(17)8-10-18-13-6-2-1-3-7-13;/h1-3,6-7,12H,4-5,8-11,15H2;1H/t12-;/m1./s1. The van der Waals surface area contributed by atoms with Crippen LogP contribution in [-0.2, 0) is 4.79 Å². The molecule has 4 nitrogen and oxygen atoms in total. The Balaban J connectivity index is 0.00000180. The first-order valence-electron chi connectivity index (χ1n) is 6.47. The van der Waals surface area contributed by atoms with E-state index in [9.17, 15) is 4.79 Å². The molecule has 2 rings (SSSR count). The monoisotopic (exact) mass is 284 g/mol. The van der Waals surface area contributed by atoms with E-state index in [0.29, 0.717) is 19.6 Å². The van der Waals surface area contributed by atoms with Gasteiger partial charge >= 0.3 is 0 Å². The fourth-order valence-corrected chi connectivity index (χ4v) is 2.17. The predicted molar refractivity (Wildman–Crippen MR) is 77.6 cm³/mol. The van der Waals surface area contributed by atoms with Crippen molar-refractivity contribution in [2.24, 2.45) is 5.73 Å². The first-order chi connectivity index (χ1) is 8.75. The van der Waals surface area contributed by atoms with Crippen LogP contribution in [0.3, 0.4) is 0 Å². The summed E-state index contributed by atoms with van der Waals surface area (Å²) in [7, 11) is 0. The van der Waals surface area contributed by atoms with Crippen LogP contribution in [0, 0.1) is 0 Å². The Labute approximate surface area is 120 Å². The van der Waals surface area contributed by atoms with Gasteiger partial charge in [0.1, 0.15) is 5.75 Å². The summed E-state index contributed by atoms with van der Waals surface area (Å²) in [6, 6.07) is 9.69. The molecule has 0 radical (unpaired) electrons. The molecule has 5 heteroatoms. The van der Waals surface area contributed by atoms with Crippen molar-refractivity contribution < 1.29 is 9.53 Å². The maximum Gasteiger partial charge on any atom is 0.226 e. The Morgan fingerprint density at radius 2 is 2.11 bits per heavy atom. The average Bonchev–Trinajstić information content (AvgIpc) is 2.40. The lowest BCUT2D eigenvalue weighted by molar-refractivity contribution is -0.132. The van der Waals surface area contributed by atoms with Crippen LogP contribution in [0.1, 0.15) is 19.3 Å². The van der Waals surface area contributed by atoms with Gasteiger partial charge in [-0.25, -0.2) is 0 Å². The van der Waals surface area contributed by atoms with Crippen molar-refractivity contribution >= 4 is 18.3 Å². The second-order valence-electron chi connectivity index (χ2n) is 4.65. The summed E-state index contributed by atoms with van der Waals surface area (Å²) in [5.41, 5.74) is 5.86. The predicted octanol–water partition coefficient (Wildman–Crippen LogP) is 1.83. The summed E-state index contributed by atoms with van der Waals surface area (Å²) < 4.78 is 5.52. The van der Waals surface area contributed by atoms with Crippen molar-refractivity contribution in [3.05, 3.63) is 30.3 Å². The number of carbonyl (C=O) groups is 1. The highest BCUT2D eigenvalue weighted by molar-refractivity contribution is 5.85. The number of hydrogen-bond acceptors (Lipinski definition) is 3. The Morgan fingerprint density at radius 3 is 2.79 bits per heavy atom. The van der Waals surface area contributed by atoms with Crippen molar-refractivity contribution in [2.75, 3.05) is 19.7 Å². The number of likely N-dealkylation sites (tertiary alicyclic amines) is 1. The quantitative estimate of drug-likeness (QED) is 0.918. The third kappa shape index (κ3) is 5.09. The fourth-order valence-electron chi connectivity index (χ4n) is 2.17. The molecule has 1 atom stereocenters. The van der Waals surface area contributed by atoms with Crippen LogP contribution in [0.2, 0.25) is 0 Å². The molecule has 1 saturated heterocycles. The molecule has 1 aliphatic rings. The number of ether oxygens (including phenoxy) is 1. The molecule has 1 aromatic carbocycles. The molecule has 2 N–H and O–H groups in total. The highest BCUT2D eigenvalue weighted by Crippen LogP contribution is 2.11. The van der Waals surface area contributed by atoms with E-state index in [4.69, 9.17) is 10.5 Å². The van der Waals surface area contributed by atoms with E-state index in [0.717, 1.165) is 25.1 Å². The lowest BCUT2D eigenvalue weighted by Crippen LogP contribution is -2.46. The van der Waals surface area contributed by atoms with E-state index in [1.165, 1.54) is 0 Å². The maximum atomic E-state index is 11.9. The normalized spacial score (nSPS) is 18.6. The van der Waals surface area contributed by atoms with Crippen LogP contribution >= 0.6 is 12.4 Å². The summed E-state index contributed by atoms with van der Waals surface area (Å²) in [6.45, 7) is 1.94. The minimum atomic E-state index is 0. The van der Waals surface area contributed by atoms with Crippen molar-refractivity contribution in [2.45, 2.75) is 25.3 Å². The third-order valence-electron chi connectivity index (χ3n) is 3.14. The molecule has 1 amide bonds. The summed E-state index contributed by atoms with van der Waals surface area (Å²) in [5, 5.41) is 0. The molecule has 0 spiro atoms. The number of piperidine rings is 1. The molecule has 19 heavy (non-hydrogen) atoms. The summed E-state index contributed by atoms with van der Waals surface area (Å²) in [5.74, 6) is 0.946. The lowest BCUT2D eigenvalue weighted by atomic mass is 10.1. The molecule has 0 bridgehead atoms. The van der Waals surface area contributed by atoms with Crippen LogP contribution in [0.15, 0.2) is 30.3 Å². The highest BCUT2D eigenvalue weighted by atomic mass is 35.5. The number of hydrogen-bond donors (Lipinski definition) is 1. The second-order valence-corrected chi connectivity index (χ2v) is 4.65. The van der Waals surface area contributed by atoms with Gasteiger partial charge in [-0.2, -0.15) is 0 Å². The first kappa shape index (κ1) is 15.8. The molecule has 1 aromatic rings. The first-order valence-corrected chi connectivity index (χ1v) is 6.47. The van der Waals surface area contributed by atoms with Gasteiger partial charge in [0.25, 0.3) is 0 Å². The van der Waals surface area contributed by atoms with E-state index in [1.54, 1.807) is 0 Å². The molecule has 1 aliphatic heterocycles. The Morgan fingerprint density at radius 1 is 1.37 bits per heavy atom. The molecule has 0 aromatic heterocycles. The zero-order valence-electron chi connectivity index (χ0n) is 11.0. The number of amides is 1. The molecular formula is C14H21ClN2O2. The number of benzene rings is 1. The SMILES string of the molecule is Cl.N[C@@H]1CCCN(C(=O)CCOc2ccccc2)C1. The van der Waals surface area contributed by atoms with Gasteiger partial charge in [0, 0.05) is 19.1 Å². The minimum Gasteiger partial charge on any atom is -0.493 e. The zero-order valence-corrected chi connectivity index (χ0v) is 11.8. The van der Waals surface area contributed by atoms with Crippen LogP contribution < -0.4 is 10.5 Å². The van der Waals surface area contributed by atoms with E-state index in [1.807, 2.05) is 35.2 Å². The molecule has 0 aliphatic carbocycles. The van der Waals surface area contributed by atoms with Crippen molar-refractivity contribution in [1.82, 2.24) is 4.90 Å². The van der Waals surface area contributed by atoms with Crippen molar-refractivity contribution in [1.29, 1.82) is 0 Å². The van der Waals surface area contributed by atoms with Crippen LogP contribution in [0.4, 0.5) is 0 Å². The molecule has 1 heterocycles. The molecule has 106 valence electrons. The lowest BCUT2D eigenvalue weighted by Gasteiger charge is -2.30.